The van der Waals surface area contributed by atoms with E-state index in [2.05, 4.69) is 15.5 Å². The molecule has 1 heterocycles. The molecule has 2 rings (SSSR count). The van der Waals surface area contributed by atoms with E-state index in [0.717, 1.165) is 11.0 Å². The van der Waals surface area contributed by atoms with Gasteiger partial charge in [-0.3, -0.25) is 0 Å². The summed E-state index contributed by atoms with van der Waals surface area (Å²) in [7, 11) is 0. The van der Waals surface area contributed by atoms with Gasteiger partial charge in [0.1, 0.15) is 0 Å². The normalized spacial score (nSPS) is 11.0. The molecule has 4 heteroatoms. The molecule has 61 valence electrons. The fourth-order valence-electron chi connectivity index (χ4n) is 0.922. The van der Waals surface area contributed by atoms with Gasteiger partial charge in [-0.25, -0.2) is 0 Å². The van der Waals surface area contributed by atoms with Crippen LogP contribution in [0.3, 0.4) is 0 Å². The van der Waals surface area contributed by atoms with Crippen LogP contribution in [0.15, 0.2) is 24.3 Å². The average molecular weight is 241 g/mol. The van der Waals surface area contributed by atoms with Crippen LogP contribution in [0.5, 0.6) is 0 Å². The van der Waals surface area contributed by atoms with Crippen molar-refractivity contribution in [2.75, 3.05) is 0 Å². The van der Waals surface area contributed by atoms with Gasteiger partial charge in [0.2, 0.25) is 0 Å². The zero-order valence-electron chi connectivity index (χ0n) is 5.95. The second-order valence-corrected chi connectivity index (χ2v) is 3.33. The zero-order valence-corrected chi connectivity index (χ0v) is 7.43. The van der Waals surface area contributed by atoms with Crippen LogP contribution in [-0.2, 0) is 20.0 Å². The molecule has 0 unspecified atom stereocenters. The molecule has 0 saturated carbocycles. The summed E-state index contributed by atoms with van der Waals surface area (Å²) in [5.41, 5.74) is 2.09. The summed E-state index contributed by atoms with van der Waals surface area (Å²) in [6.07, 6.45) is 0. The number of rotatable bonds is 1. The van der Waals surface area contributed by atoms with Crippen molar-refractivity contribution in [1.29, 1.82) is 0 Å². The molecule has 0 aliphatic carbocycles. The van der Waals surface area contributed by atoms with Crippen molar-refractivity contribution < 1.29 is 20.0 Å². The van der Waals surface area contributed by atoms with Crippen molar-refractivity contribution in [2.24, 2.45) is 0 Å². The first kappa shape index (κ1) is 7.03. The molecule has 0 amide bonds. The van der Waals surface area contributed by atoms with Crippen LogP contribution in [0.25, 0.3) is 11.0 Å². The maximum absolute atomic E-state index is 4.01. The molecule has 11 heavy (non-hydrogen) atoms. The molecule has 0 radical (unpaired) electrons. The number of hydrogen-bond donors (Lipinski definition) is 0. The molecule has 0 aliphatic rings. The van der Waals surface area contributed by atoms with E-state index in [-0.39, 0.29) is 0 Å². The topological polar surface area (TPSA) is 30.7 Å². The number of benzene rings is 1. The summed E-state index contributed by atoms with van der Waals surface area (Å²) in [4.78, 5) is 0. The third-order valence-electron chi connectivity index (χ3n) is 1.41. The summed E-state index contributed by atoms with van der Waals surface area (Å²) in [6, 6.07) is 7.98. The van der Waals surface area contributed by atoms with Crippen molar-refractivity contribution in [3.8, 4) is 0 Å². The number of fused-ring (bicyclic) bond motifs is 1. The van der Waals surface area contributed by atoms with Gasteiger partial charge < -0.3 is 0 Å². The average Bonchev–Trinajstić information content (AvgIpc) is 2.47. The Bertz CT molecular complexity index is 368. The number of para-hydroxylation sites is 1. The third-order valence-corrected chi connectivity index (χ3v) is 2.53. The Kier molecular flexibility index (Phi) is 1.77. The molecule has 0 bridgehead atoms. The standard InChI is InChI=1S/C6H4N3.CH3.Ag/c1-2-4-6-5(3-1)7-9-8-6;;/h1-4H;1H3;/q-1;;+1. The van der Waals surface area contributed by atoms with Gasteiger partial charge in [-0.1, -0.05) is 0 Å². The first-order valence-corrected chi connectivity index (χ1v) is 5.26. The molecule has 2 aromatic rings. The van der Waals surface area contributed by atoms with Gasteiger partial charge in [-0.2, -0.15) is 0 Å². The second-order valence-electron chi connectivity index (χ2n) is 2.04. The van der Waals surface area contributed by atoms with E-state index in [1.807, 2.05) is 27.4 Å². The maximum atomic E-state index is 4.01. The quantitative estimate of drug-likeness (QED) is 0.705. The molecule has 1 aromatic heterocycles. The molecule has 0 spiro atoms. The minimum absolute atomic E-state index is 0.633. The predicted molar refractivity (Wildman–Crippen MR) is 38.8 cm³/mol. The van der Waals surface area contributed by atoms with E-state index >= 15 is 0 Å². The van der Waals surface area contributed by atoms with Gasteiger partial charge in [-0.05, 0) is 0 Å². The first-order chi connectivity index (χ1) is 5.42. The molecular weight excluding hydrogens is 234 g/mol. The Balaban J connectivity index is 2.76. The van der Waals surface area contributed by atoms with Gasteiger partial charge in [0, 0.05) is 0 Å². The number of aromatic nitrogens is 3. The second kappa shape index (κ2) is 2.77. The molecule has 0 atom stereocenters. The minimum atomic E-state index is 0.633. The molecule has 0 saturated heterocycles. The van der Waals surface area contributed by atoms with Crippen LogP contribution in [-0.4, -0.2) is 13.4 Å². The molecule has 1 aromatic carbocycles. The summed E-state index contributed by atoms with van der Waals surface area (Å²) in [5, 5.41) is 10.1. The SMILES string of the molecule is [CH3][Ag][n]1nnc2ccccc21. The summed E-state index contributed by atoms with van der Waals surface area (Å²) in [5.74, 6) is 0. The van der Waals surface area contributed by atoms with Gasteiger partial charge in [0.05, 0.1) is 0 Å². The van der Waals surface area contributed by atoms with Crippen LogP contribution < -0.4 is 0 Å². The third kappa shape index (κ3) is 1.11. The van der Waals surface area contributed by atoms with Crippen LogP contribution in [0, 0.1) is 0 Å². The Hall–Kier alpha value is -0.640. The molecular formula is C7H7AgN3. The van der Waals surface area contributed by atoms with Gasteiger partial charge >= 0.3 is 73.9 Å². The Morgan fingerprint density at radius 3 is 3.00 bits per heavy atom. The molecule has 0 N–H and O–H groups in total. The van der Waals surface area contributed by atoms with Gasteiger partial charge in [-0.15, -0.1) is 0 Å². The van der Waals surface area contributed by atoms with E-state index in [4.69, 9.17) is 0 Å². The fourth-order valence-corrected chi connectivity index (χ4v) is 1.76. The van der Waals surface area contributed by atoms with Crippen molar-refractivity contribution in [3.05, 3.63) is 24.3 Å². The van der Waals surface area contributed by atoms with Crippen molar-refractivity contribution in [1.82, 2.24) is 13.4 Å². The van der Waals surface area contributed by atoms with E-state index in [1.54, 1.807) is 0 Å². The first-order valence-electron chi connectivity index (χ1n) is 3.11. The summed E-state index contributed by atoms with van der Waals surface area (Å²) in [6.45, 7) is 0. The van der Waals surface area contributed by atoms with Crippen LogP contribution in [0.4, 0.5) is 0 Å². The zero-order chi connectivity index (χ0) is 7.68. The molecule has 0 aliphatic heterocycles. The van der Waals surface area contributed by atoms with Crippen molar-refractivity contribution >= 4 is 11.0 Å². The van der Waals surface area contributed by atoms with E-state index in [1.165, 1.54) is 0 Å². The van der Waals surface area contributed by atoms with Crippen molar-refractivity contribution in [3.63, 3.8) is 0 Å². The number of nitrogens with zero attached hydrogens (tertiary/aromatic N) is 3. The summed E-state index contributed by atoms with van der Waals surface area (Å²) >= 11 is 0.633. The van der Waals surface area contributed by atoms with Crippen LogP contribution in [0.2, 0.25) is 5.14 Å². The fraction of sp³-hybridized carbons (Fsp3) is 0.143. The van der Waals surface area contributed by atoms with E-state index in [9.17, 15) is 0 Å². The van der Waals surface area contributed by atoms with Gasteiger partial charge in [0.15, 0.2) is 0 Å². The number of hydrogen-bond acceptors (Lipinski definition) is 2. The van der Waals surface area contributed by atoms with E-state index < -0.39 is 0 Å². The molecule has 0 fully saturated rings. The Morgan fingerprint density at radius 1 is 1.36 bits per heavy atom. The molecule has 3 nitrogen and oxygen atoms in total. The van der Waals surface area contributed by atoms with Crippen LogP contribution in [0.1, 0.15) is 0 Å². The predicted octanol–water partition coefficient (Wildman–Crippen LogP) is 1.32. The van der Waals surface area contributed by atoms with Crippen molar-refractivity contribution in [2.45, 2.75) is 5.14 Å². The Labute approximate surface area is 74.0 Å². The van der Waals surface area contributed by atoms with Gasteiger partial charge in [0.25, 0.3) is 0 Å². The summed E-state index contributed by atoms with van der Waals surface area (Å²) < 4.78 is 1.91. The van der Waals surface area contributed by atoms with E-state index in [0.29, 0.717) is 20.0 Å². The van der Waals surface area contributed by atoms with Crippen LogP contribution >= 0.6 is 0 Å². The Morgan fingerprint density at radius 2 is 2.18 bits per heavy atom. The monoisotopic (exact) mass is 240 g/mol.